The van der Waals surface area contributed by atoms with Crippen molar-refractivity contribution in [1.82, 2.24) is 0 Å². The van der Waals surface area contributed by atoms with Gasteiger partial charge in [-0.2, -0.15) is 0 Å². The monoisotopic (exact) mass is 268 g/mol. The van der Waals surface area contributed by atoms with Crippen LogP contribution in [-0.2, 0) is 6.54 Å². The van der Waals surface area contributed by atoms with E-state index in [9.17, 15) is 0 Å². The molecule has 0 bridgehead atoms. The Labute approximate surface area is 116 Å². The minimum atomic E-state index is 0.571. The van der Waals surface area contributed by atoms with E-state index in [0.717, 1.165) is 18.1 Å². The third kappa shape index (κ3) is 4.51. The Kier molecular flexibility index (Phi) is 7.14. The van der Waals surface area contributed by atoms with Crippen LogP contribution in [0.4, 0.5) is 5.69 Å². The SMILES string of the molecule is CCCCN(CCCC)c1cc(Cl)ccc1CN. The van der Waals surface area contributed by atoms with Gasteiger partial charge in [-0.1, -0.05) is 44.4 Å². The number of hydrogen-bond acceptors (Lipinski definition) is 2. The molecule has 102 valence electrons. The number of benzene rings is 1. The van der Waals surface area contributed by atoms with E-state index in [1.807, 2.05) is 12.1 Å². The second-order valence-electron chi connectivity index (χ2n) is 4.67. The number of rotatable bonds is 8. The molecule has 1 aromatic rings. The zero-order valence-corrected chi connectivity index (χ0v) is 12.3. The Morgan fingerprint density at radius 2 is 1.72 bits per heavy atom. The van der Waals surface area contributed by atoms with Crippen molar-refractivity contribution in [3.63, 3.8) is 0 Å². The normalized spacial score (nSPS) is 10.7. The molecular formula is C15H25ClN2. The summed E-state index contributed by atoms with van der Waals surface area (Å²) in [6, 6.07) is 6.02. The van der Waals surface area contributed by atoms with Crippen molar-refractivity contribution in [1.29, 1.82) is 0 Å². The lowest BCUT2D eigenvalue weighted by Crippen LogP contribution is -2.27. The summed E-state index contributed by atoms with van der Waals surface area (Å²) in [4.78, 5) is 2.43. The summed E-state index contributed by atoms with van der Waals surface area (Å²) in [6.07, 6.45) is 4.84. The lowest BCUT2D eigenvalue weighted by Gasteiger charge is -2.27. The molecule has 2 N–H and O–H groups in total. The van der Waals surface area contributed by atoms with Gasteiger partial charge in [0.1, 0.15) is 0 Å². The van der Waals surface area contributed by atoms with Crippen LogP contribution in [0.2, 0.25) is 5.02 Å². The van der Waals surface area contributed by atoms with Crippen LogP contribution >= 0.6 is 11.6 Å². The minimum Gasteiger partial charge on any atom is -0.371 e. The molecule has 0 unspecified atom stereocenters. The standard InChI is InChI=1S/C15H25ClN2/c1-3-5-9-18(10-6-4-2)15-11-14(16)8-7-13(15)12-17/h7-8,11H,3-6,9-10,12,17H2,1-2H3. The van der Waals surface area contributed by atoms with E-state index in [4.69, 9.17) is 17.3 Å². The third-order valence-electron chi connectivity index (χ3n) is 3.17. The maximum absolute atomic E-state index is 6.12. The topological polar surface area (TPSA) is 29.3 Å². The number of hydrogen-bond donors (Lipinski definition) is 1. The first-order chi connectivity index (χ1) is 8.72. The maximum atomic E-state index is 6.12. The molecule has 18 heavy (non-hydrogen) atoms. The molecule has 0 aliphatic heterocycles. The van der Waals surface area contributed by atoms with Crippen molar-refractivity contribution in [2.24, 2.45) is 5.73 Å². The highest BCUT2D eigenvalue weighted by Gasteiger charge is 2.10. The molecule has 0 radical (unpaired) electrons. The van der Waals surface area contributed by atoms with E-state index >= 15 is 0 Å². The van der Waals surface area contributed by atoms with E-state index in [1.165, 1.54) is 36.9 Å². The zero-order chi connectivity index (χ0) is 13.4. The number of nitrogens with two attached hydrogens (primary N) is 1. The molecule has 0 spiro atoms. The Morgan fingerprint density at radius 1 is 1.11 bits per heavy atom. The Morgan fingerprint density at radius 3 is 2.22 bits per heavy atom. The summed E-state index contributed by atoms with van der Waals surface area (Å²) < 4.78 is 0. The number of unbranched alkanes of at least 4 members (excludes halogenated alkanes) is 2. The summed E-state index contributed by atoms with van der Waals surface area (Å²) in [7, 11) is 0. The van der Waals surface area contributed by atoms with E-state index in [2.05, 4.69) is 24.8 Å². The van der Waals surface area contributed by atoms with Gasteiger partial charge >= 0.3 is 0 Å². The molecule has 3 heteroatoms. The molecule has 0 atom stereocenters. The quantitative estimate of drug-likeness (QED) is 0.765. The van der Waals surface area contributed by atoms with Crippen LogP contribution in [0, 0.1) is 0 Å². The number of halogens is 1. The van der Waals surface area contributed by atoms with Crippen LogP contribution < -0.4 is 10.6 Å². The highest BCUT2D eigenvalue weighted by molar-refractivity contribution is 6.30. The van der Waals surface area contributed by atoms with Gasteiger partial charge in [-0.15, -0.1) is 0 Å². The predicted octanol–water partition coefficient (Wildman–Crippen LogP) is 4.21. The van der Waals surface area contributed by atoms with Crippen LogP contribution in [0.1, 0.15) is 45.1 Å². The van der Waals surface area contributed by atoms with Gasteiger partial charge < -0.3 is 10.6 Å². The minimum absolute atomic E-state index is 0.571. The number of nitrogens with zero attached hydrogens (tertiary/aromatic N) is 1. The van der Waals surface area contributed by atoms with Crippen molar-refractivity contribution >= 4 is 17.3 Å². The molecule has 2 nitrogen and oxygen atoms in total. The molecule has 0 saturated heterocycles. The van der Waals surface area contributed by atoms with E-state index in [0.29, 0.717) is 6.54 Å². The van der Waals surface area contributed by atoms with Crippen LogP contribution in [0.25, 0.3) is 0 Å². The second kappa shape index (κ2) is 8.39. The lowest BCUT2D eigenvalue weighted by atomic mass is 10.1. The maximum Gasteiger partial charge on any atom is 0.0426 e. The van der Waals surface area contributed by atoms with Gasteiger partial charge in [-0.25, -0.2) is 0 Å². The summed E-state index contributed by atoms with van der Waals surface area (Å²) in [5.74, 6) is 0. The highest BCUT2D eigenvalue weighted by atomic mass is 35.5. The fourth-order valence-electron chi connectivity index (χ4n) is 2.05. The largest absolute Gasteiger partial charge is 0.371 e. The van der Waals surface area contributed by atoms with Gasteiger partial charge in [0.05, 0.1) is 0 Å². The zero-order valence-electron chi connectivity index (χ0n) is 11.6. The summed E-state index contributed by atoms with van der Waals surface area (Å²) >= 11 is 6.12. The molecule has 1 rings (SSSR count). The Hall–Kier alpha value is -0.730. The van der Waals surface area contributed by atoms with Crippen molar-refractivity contribution in [3.8, 4) is 0 Å². The van der Waals surface area contributed by atoms with E-state index in [1.54, 1.807) is 0 Å². The van der Waals surface area contributed by atoms with Gasteiger partial charge in [0.25, 0.3) is 0 Å². The van der Waals surface area contributed by atoms with Gasteiger partial charge in [-0.3, -0.25) is 0 Å². The van der Waals surface area contributed by atoms with Gasteiger partial charge in [0, 0.05) is 30.3 Å². The molecule has 0 aliphatic rings. The van der Waals surface area contributed by atoms with Gasteiger partial charge in [-0.05, 0) is 30.5 Å². The first-order valence-corrected chi connectivity index (χ1v) is 7.34. The second-order valence-corrected chi connectivity index (χ2v) is 5.11. The molecule has 0 aliphatic carbocycles. The van der Waals surface area contributed by atoms with Crippen molar-refractivity contribution in [2.75, 3.05) is 18.0 Å². The predicted molar refractivity (Wildman–Crippen MR) is 81.4 cm³/mol. The summed E-state index contributed by atoms with van der Waals surface area (Å²) in [6.45, 7) is 7.19. The van der Waals surface area contributed by atoms with Crippen LogP contribution in [0.3, 0.4) is 0 Å². The fraction of sp³-hybridized carbons (Fsp3) is 0.600. The first kappa shape index (κ1) is 15.3. The molecule has 0 saturated carbocycles. The molecular weight excluding hydrogens is 244 g/mol. The summed E-state index contributed by atoms with van der Waals surface area (Å²) in [5.41, 5.74) is 8.23. The van der Waals surface area contributed by atoms with E-state index in [-0.39, 0.29) is 0 Å². The number of anilines is 1. The van der Waals surface area contributed by atoms with Crippen LogP contribution in [0.5, 0.6) is 0 Å². The lowest BCUT2D eigenvalue weighted by molar-refractivity contribution is 0.675. The van der Waals surface area contributed by atoms with Crippen molar-refractivity contribution in [2.45, 2.75) is 46.1 Å². The smallest absolute Gasteiger partial charge is 0.0426 e. The molecule has 0 amide bonds. The van der Waals surface area contributed by atoms with Crippen LogP contribution in [0.15, 0.2) is 18.2 Å². The molecule has 0 aromatic heterocycles. The Balaban J connectivity index is 2.90. The molecule has 1 aromatic carbocycles. The Bertz CT molecular complexity index is 344. The highest BCUT2D eigenvalue weighted by Crippen LogP contribution is 2.25. The molecule has 0 heterocycles. The average molecular weight is 269 g/mol. The molecule has 0 fully saturated rings. The van der Waals surface area contributed by atoms with Crippen molar-refractivity contribution < 1.29 is 0 Å². The summed E-state index contributed by atoms with van der Waals surface area (Å²) in [5, 5.41) is 0.792. The third-order valence-corrected chi connectivity index (χ3v) is 3.41. The van der Waals surface area contributed by atoms with Gasteiger partial charge in [0.15, 0.2) is 0 Å². The fourth-order valence-corrected chi connectivity index (χ4v) is 2.22. The average Bonchev–Trinajstić information content (AvgIpc) is 2.39. The van der Waals surface area contributed by atoms with Gasteiger partial charge in [0.2, 0.25) is 0 Å². The van der Waals surface area contributed by atoms with Crippen molar-refractivity contribution in [3.05, 3.63) is 28.8 Å². The first-order valence-electron chi connectivity index (χ1n) is 6.96. The van der Waals surface area contributed by atoms with E-state index < -0.39 is 0 Å². The van der Waals surface area contributed by atoms with Crippen LogP contribution in [-0.4, -0.2) is 13.1 Å².